The molecule has 7 heteroatoms. The monoisotopic (exact) mass is 337 g/mol. The number of carbonyl (C=O) groups is 1. The van der Waals surface area contributed by atoms with Crippen molar-refractivity contribution in [2.24, 2.45) is 0 Å². The van der Waals surface area contributed by atoms with E-state index < -0.39 is 0 Å². The minimum Gasteiger partial charge on any atom is -0.496 e. The Labute approximate surface area is 145 Å². The molecule has 0 atom stereocenters. The van der Waals surface area contributed by atoms with Crippen LogP contribution in [0.1, 0.15) is 21.7 Å². The van der Waals surface area contributed by atoms with Gasteiger partial charge in [0.05, 0.1) is 12.8 Å². The smallest absolute Gasteiger partial charge is 0.251 e. The van der Waals surface area contributed by atoms with Crippen LogP contribution < -0.4 is 10.1 Å². The number of hydrogen-bond donors (Lipinski definition) is 1. The summed E-state index contributed by atoms with van der Waals surface area (Å²) < 4.78 is 6.91. The van der Waals surface area contributed by atoms with E-state index in [0.717, 1.165) is 17.0 Å². The first kappa shape index (κ1) is 16.6. The summed E-state index contributed by atoms with van der Waals surface area (Å²) in [5.74, 6) is 1.35. The number of methoxy groups -OCH3 is 1. The molecule has 1 N–H and O–H groups in total. The Morgan fingerprint density at radius 3 is 2.80 bits per heavy atom. The number of nitrogens with one attached hydrogen (secondary N) is 1. The quantitative estimate of drug-likeness (QED) is 0.743. The van der Waals surface area contributed by atoms with Crippen molar-refractivity contribution in [1.29, 1.82) is 0 Å². The number of benzene rings is 2. The van der Waals surface area contributed by atoms with Gasteiger partial charge in [0, 0.05) is 12.1 Å². The van der Waals surface area contributed by atoms with Gasteiger partial charge in [-0.05, 0) is 53.6 Å². The van der Waals surface area contributed by atoms with Crippen molar-refractivity contribution >= 4 is 5.91 Å². The molecule has 0 aliphatic carbocycles. The van der Waals surface area contributed by atoms with Gasteiger partial charge in [0.2, 0.25) is 0 Å². The highest BCUT2D eigenvalue weighted by Gasteiger charge is 2.09. The highest BCUT2D eigenvalue weighted by molar-refractivity contribution is 5.94. The lowest BCUT2D eigenvalue weighted by Gasteiger charge is -2.10. The predicted molar refractivity (Wildman–Crippen MR) is 92.9 cm³/mol. The van der Waals surface area contributed by atoms with E-state index in [1.807, 2.05) is 36.4 Å². The van der Waals surface area contributed by atoms with Crippen LogP contribution in [-0.4, -0.2) is 39.8 Å². The molecule has 0 radical (unpaired) electrons. The van der Waals surface area contributed by atoms with Crippen LogP contribution in [0, 0.1) is 6.92 Å². The van der Waals surface area contributed by atoms with E-state index in [0.29, 0.717) is 24.4 Å². The lowest BCUT2D eigenvalue weighted by Crippen LogP contribution is -2.26. The third kappa shape index (κ3) is 3.82. The standard InChI is InChI=1S/C18H19N5O2/c1-13-20-21-22-23(13)16-8-5-7-15(12-16)18(24)19-11-10-14-6-3-4-9-17(14)25-2/h3-9,12H,10-11H2,1-2H3,(H,19,24). The van der Waals surface area contributed by atoms with E-state index in [-0.39, 0.29) is 5.91 Å². The van der Waals surface area contributed by atoms with Gasteiger partial charge in [-0.25, -0.2) is 0 Å². The third-order valence-electron chi connectivity index (χ3n) is 3.85. The summed E-state index contributed by atoms with van der Waals surface area (Å²) in [7, 11) is 1.64. The summed E-state index contributed by atoms with van der Waals surface area (Å²) in [6.45, 7) is 2.33. The molecule has 1 aromatic heterocycles. The Morgan fingerprint density at radius 2 is 2.04 bits per heavy atom. The Morgan fingerprint density at radius 1 is 1.20 bits per heavy atom. The molecule has 1 amide bonds. The Kier molecular flexibility index (Phi) is 5.03. The van der Waals surface area contributed by atoms with Crippen molar-refractivity contribution in [2.75, 3.05) is 13.7 Å². The molecule has 7 nitrogen and oxygen atoms in total. The first-order valence-corrected chi connectivity index (χ1v) is 7.94. The van der Waals surface area contributed by atoms with Crippen molar-refractivity contribution in [2.45, 2.75) is 13.3 Å². The zero-order chi connectivity index (χ0) is 17.6. The summed E-state index contributed by atoms with van der Waals surface area (Å²) in [5.41, 5.74) is 2.37. The molecule has 0 unspecified atom stereocenters. The number of amides is 1. The van der Waals surface area contributed by atoms with Crippen LogP contribution in [0.3, 0.4) is 0 Å². The summed E-state index contributed by atoms with van der Waals surface area (Å²) in [6, 6.07) is 15.0. The summed E-state index contributed by atoms with van der Waals surface area (Å²) in [6.07, 6.45) is 0.696. The number of carbonyl (C=O) groups excluding carboxylic acids is 1. The number of nitrogens with zero attached hydrogens (tertiary/aromatic N) is 4. The maximum atomic E-state index is 12.4. The molecule has 0 spiro atoms. The van der Waals surface area contributed by atoms with Gasteiger partial charge in [-0.1, -0.05) is 24.3 Å². The fourth-order valence-electron chi connectivity index (χ4n) is 2.57. The van der Waals surface area contributed by atoms with E-state index in [1.165, 1.54) is 0 Å². The van der Waals surface area contributed by atoms with Crippen LogP contribution in [0.15, 0.2) is 48.5 Å². The van der Waals surface area contributed by atoms with E-state index in [2.05, 4.69) is 20.8 Å². The molecule has 0 aliphatic heterocycles. The summed E-state index contributed by atoms with van der Waals surface area (Å²) >= 11 is 0. The second-order valence-electron chi connectivity index (χ2n) is 5.51. The van der Waals surface area contributed by atoms with Crippen molar-refractivity contribution in [3.8, 4) is 11.4 Å². The largest absolute Gasteiger partial charge is 0.496 e. The van der Waals surface area contributed by atoms with Crippen molar-refractivity contribution in [3.05, 3.63) is 65.5 Å². The molecule has 0 aliphatic rings. The average Bonchev–Trinajstić information content (AvgIpc) is 3.08. The lowest BCUT2D eigenvalue weighted by molar-refractivity contribution is 0.0954. The number of para-hydroxylation sites is 1. The van der Waals surface area contributed by atoms with E-state index in [4.69, 9.17) is 4.74 Å². The summed E-state index contributed by atoms with van der Waals surface area (Å²) in [4.78, 5) is 12.4. The molecular formula is C18H19N5O2. The topological polar surface area (TPSA) is 81.9 Å². The van der Waals surface area contributed by atoms with Crippen molar-refractivity contribution in [3.63, 3.8) is 0 Å². The average molecular weight is 337 g/mol. The first-order valence-electron chi connectivity index (χ1n) is 7.94. The molecule has 128 valence electrons. The molecule has 0 bridgehead atoms. The number of rotatable bonds is 6. The number of aromatic nitrogens is 4. The zero-order valence-corrected chi connectivity index (χ0v) is 14.1. The van der Waals surface area contributed by atoms with Crippen LogP contribution in [0.5, 0.6) is 5.75 Å². The number of aryl methyl sites for hydroxylation is 1. The van der Waals surface area contributed by atoms with Crippen LogP contribution in [0.2, 0.25) is 0 Å². The molecule has 3 aromatic rings. The number of hydrogen-bond acceptors (Lipinski definition) is 5. The first-order chi connectivity index (χ1) is 12.2. The third-order valence-corrected chi connectivity index (χ3v) is 3.85. The maximum absolute atomic E-state index is 12.4. The summed E-state index contributed by atoms with van der Waals surface area (Å²) in [5, 5.41) is 14.3. The fraction of sp³-hybridized carbons (Fsp3) is 0.222. The van der Waals surface area contributed by atoms with Gasteiger partial charge in [-0.3, -0.25) is 4.79 Å². The molecule has 1 heterocycles. The molecule has 0 saturated heterocycles. The molecule has 3 rings (SSSR count). The van der Waals surface area contributed by atoms with Crippen LogP contribution in [-0.2, 0) is 6.42 Å². The molecule has 25 heavy (non-hydrogen) atoms. The van der Waals surface area contributed by atoms with Gasteiger partial charge in [0.25, 0.3) is 5.91 Å². The highest BCUT2D eigenvalue weighted by Crippen LogP contribution is 2.17. The van der Waals surface area contributed by atoms with Crippen molar-refractivity contribution < 1.29 is 9.53 Å². The number of tetrazole rings is 1. The predicted octanol–water partition coefficient (Wildman–Crippen LogP) is 1.95. The minimum atomic E-state index is -0.137. The minimum absolute atomic E-state index is 0.137. The molecule has 2 aromatic carbocycles. The Balaban J connectivity index is 1.65. The van der Waals surface area contributed by atoms with Gasteiger partial charge in [-0.2, -0.15) is 4.68 Å². The van der Waals surface area contributed by atoms with E-state index >= 15 is 0 Å². The van der Waals surface area contributed by atoms with Crippen LogP contribution >= 0.6 is 0 Å². The second-order valence-corrected chi connectivity index (χ2v) is 5.51. The normalized spacial score (nSPS) is 10.5. The van der Waals surface area contributed by atoms with Gasteiger partial charge in [-0.15, -0.1) is 5.10 Å². The SMILES string of the molecule is COc1ccccc1CCNC(=O)c1cccc(-n2nnnc2C)c1. The zero-order valence-electron chi connectivity index (χ0n) is 14.1. The second kappa shape index (κ2) is 7.57. The Hall–Kier alpha value is -3.22. The Bertz CT molecular complexity index is 875. The van der Waals surface area contributed by atoms with Crippen LogP contribution in [0.4, 0.5) is 0 Å². The van der Waals surface area contributed by atoms with Gasteiger partial charge < -0.3 is 10.1 Å². The lowest BCUT2D eigenvalue weighted by atomic mass is 10.1. The molecule has 0 fully saturated rings. The van der Waals surface area contributed by atoms with Gasteiger partial charge in [0.15, 0.2) is 5.82 Å². The highest BCUT2D eigenvalue weighted by atomic mass is 16.5. The number of ether oxygens (including phenoxy) is 1. The molecular weight excluding hydrogens is 318 g/mol. The molecule has 0 saturated carbocycles. The van der Waals surface area contributed by atoms with E-state index in [1.54, 1.807) is 30.8 Å². The van der Waals surface area contributed by atoms with Crippen molar-refractivity contribution in [1.82, 2.24) is 25.5 Å². The van der Waals surface area contributed by atoms with Gasteiger partial charge >= 0.3 is 0 Å². The fourth-order valence-corrected chi connectivity index (χ4v) is 2.57. The van der Waals surface area contributed by atoms with E-state index in [9.17, 15) is 4.79 Å². The van der Waals surface area contributed by atoms with Crippen LogP contribution in [0.25, 0.3) is 5.69 Å². The maximum Gasteiger partial charge on any atom is 0.251 e. The van der Waals surface area contributed by atoms with Gasteiger partial charge in [0.1, 0.15) is 5.75 Å².